The predicted octanol–water partition coefficient (Wildman–Crippen LogP) is 2.48. The monoisotopic (exact) mass is 299 g/mol. The smallest absolute Gasteiger partial charge is 0.147 e. The van der Waals surface area contributed by atoms with Gasteiger partial charge in [0.1, 0.15) is 15.6 Å². The van der Waals surface area contributed by atoms with Crippen molar-refractivity contribution < 1.29 is 13.2 Å². The van der Waals surface area contributed by atoms with Crippen LogP contribution in [0.1, 0.15) is 37.4 Å². The summed E-state index contributed by atoms with van der Waals surface area (Å²) in [4.78, 5) is 0. The van der Waals surface area contributed by atoms with E-state index in [-0.39, 0.29) is 17.8 Å². The maximum absolute atomic E-state index is 11.2. The molecule has 1 aromatic rings. The second kappa shape index (κ2) is 7.09. The molecule has 2 atom stereocenters. The second-order valence-electron chi connectivity index (χ2n) is 5.45. The lowest BCUT2D eigenvalue weighted by molar-refractivity contribution is 0.394. The molecule has 1 aromatic carbocycles. The molecule has 0 saturated heterocycles. The van der Waals surface area contributed by atoms with Crippen LogP contribution in [0.4, 0.5) is 0 Å². The van der Waals surface area contributed by atoms with E-state index in [9.17, 15) is 8.42 Å². The zero-order valence-corrected chi connectivity index (χ0v) is 13.8. The maximum atomic E-state index is 11.2. The quantitative estimate of drug-likeness (QED) is 0.840. The molecule has 20 heavy (non-hydrogen) atoms. The van der Waals surface area contributed by atoms with Gasteiger partial charge in [-0.3, -0.25) is 0 Å². The van der Waals surface area contributed by atoms with Gasteiger partial charge in [-0.15, -0.1) is 0 Å². The first-order valence-corrected chi connectivity index (χ1v) is 8.87. The van der Waals surface area contributed by atoms with Crippen LogP contribution >= 0.6 is 0 Å². The fourth-order valence-electron chi connectivity index (χ4n) is 2.18. The summed E-state index contributed by atoms with van der Waals surface area (Å²) in [6.45, 7) is 6.11. The largest absolute Gasteiger partial charge is 0.496 e. The summed E-state index contributed by atoms with van der Waals surface area (Å²) in [6.07, 6.45) is 1.88. The Hall–Kier alpha value is -1.07. The number of methoxy groups -OCH3 is 1. The van der Waals surface area contributed by atoms with E-state index < -0.39 is 9.84 Å². The predicted molar refractivity (Wildman–Crippen MR) is 83.1 cm³/mol. The first-order chi connectivity index (χ1) is 9.23. The van der Waals surface area contributed by atoms with Crippen molar-refractivity contribution in [2.45, 2.75) is 39.3 Å². The van der Waals surface area contributed by atoms with Gasteiger partial charge in [-0.1, -0.05) is 17.7 Å². The van der Waals surface area contributed by atoms with E-state index in [2.05, 4.69) is 18.3 Å². The Labute approximate surface area is 122 Å². The Bertz CT molecular complexity index is 540. The van der Waals surface area contributed by atoms with Gasteiger partial charge >= 0.3 is 0 Å². The first kappa shape index (κ1) is 17.0. The molecule has 0 spiro atoms. The average Bonchev–Trinajstić information content (AvgIpc) is 2.35. The van der Waals surface area contributed by atoms with E-state index in [1.807, 2.05) is 26.0 Å². The van der Waals surface area contributed by atoms with E-state index >= 15 is 0 Å². The van der Waals surface area contributed by atoms with Gasteiger partial charge in [-0.05, 0) is 33.3 Å². The van der Waals surface area contributed by atoms with Gasteiger partial charge in [0, 0.05) is 23.9 Å². The SMILES string of the molecule is COc1ccc(C)cc1[C@@H](C)N[C@@H](C)CCS(C)(=O)=O. The van der Waals surface area contributed by atoms with Crippen LogP contribution < -0.4 is 10.1 Å². The molecule has 4 nitrogen and oxygen atoms in total. The van der Waals surface area contributed by atoms with E-state index in [4.69, 9.17) is 4.74 Å². The highest BCUT2D eigenvalue weighted by Crippen LogP contribution is 2.26. The number of sulfone groups is 1. The topological polar surface area (TPSA) is 55.4 Å². The number of benzene rings is 1. The van der Waals surface area contributed by atoms with Gasteiger partial charge in [-0.2, -0.15) is 0 Å². The average molecular weight is 299 g/mol. The van der Waals surface area contributed by atoms with Gasteiger partial charge < -0.3 is 10.1 Å². The second-order valence-corrected chi connectivity index (χ2v) is 7.71. The molecule has 0 fully saturated rings. The zero-order chi connectivity index (χ0) is 15.3. The Morgan fingerprint density at radius 1 is 1.30 bits per heavy atom. The number of ether oxygens (including phenoxy) is 1. The van der Waals surface area contributed by atoms with E-state index in [1.54, 1.807) is 7.11 Å². The molecule has 0 bridgehead atoms. The van der Waals surface area contributed by atoms with Crippen molar-refractivity contribution in [3.63, 3.8) is 0 Å². The summed E-state index contributed by atoms with van der Waals surface area (Å²) in [5.74, 6) is 1.06. The summed E-state index contributed by atoms with van der Waals surface area (Å²) in [6, 6.07) is 6.32. The maximum Gasteiger partial charge on any atom is 0.147 e. The molecule has 0 aliphatic rings. The summed E-state index contributed by atoms with van der Waals surface area (Å²) in [5, 5.41) is 3.43. The molecule has 0 amide bonds. The number of hydrogen-bond acceptors (Lipinski definition) is 4. The molecule has 0 saturated carbocycles. The summed E-state index contributed by atoms with van der Waals surface area (Å²) in [5.41, 5.74) is 2.27. The van der Waals surface area contributed by atoms with Crippen molar-refractivity contribution in [2.75, 3.05) is 19.1 Å². The summed E-state index contributed by atoms with van der Waals surface area (Å²) in [7, 11) is -1.24. The van der Waals surface area contributed by atoms with Crippen molar-refractivity contribution in [2.24, 2.45) is 0 Å². The van der Waals surface area contributed by atoms with Crippen LogP contribution in [-0.4, -0.2) is 33.6 Å². The molecular weight excluding hydrogens is 274 g/mol. The third-order valence-electron chi connectivity index (χ3n) is 3.31. The normalized spacial score (nSPS) is 14.8. The van der Waals surface area contributed by atoms with E-state index in [0.717, 1.165) is 11.3 Å². The van der Waals surface area contributed by atoms with Gasteiger partial charge in [0.25, 0.3) is 0 Å². The highest BCUT2D eigenvalue weighted by Gasteiger charge is 2.15. The van der Waals surface area contributed by atoms with Crippen LogP contribution in [0.5, 0.6) is 5.75 Å². The van der Waals surface area contributed by atoms with Crippen LogP contribution in [0, 0.1) is 6.92 Å². The molecule has 0 heterocycles. The lowest BCUT2D eigenvalue weighted by Gasteiger charge is -2.22. The Morgan fingerprint density at radius 2 is 1.95 bits per heavy atom. The minimum atomic E-state index is -2.90. The number of nitrogens with one attached hydrogen (secondary N) is 1. The highest BCUT2D eigenvalue weighted by molar-refractivity contribution is 7.90. The van der Waals surface area contributed by atoms with Crippen molar-refractivity contribution >= 4 is 9.84 Å². The fourth-order valence-corrected chi connectivity index (χ4v) is 2.96. The Morgan fingerprint density at radius 3 is 2.50 bits per heavy atom. The molecule has 5 heteroatoms. The standard InChI is InChI=1S/C15H25NO3S/c1-11-6-7-15(19-4)14(10-11)13(3)16-12(2)8-9-20(5,17)18/h6-7,10,12-13,16H,8-9H2,1-5H3/t12-,13+/m0/s1. The van der Waals surface area contributed by atoms with Crippen molar-refractivity contribution in [1.29, 1.82) is 0 Å². The molecule has 0 unspecified atom stereocenters. The number of hydrogen-bond donors (Lipinski definition) is 1. The molecular formula is C15H25NO3S. The van der Waals surface area contributed by atoms with Crippen LogP contribution in [0.15, 0.2) is 18.2 Å². The molecule has 114 valence electrons. The fraction of sp³-hybridized carbons (Fsp3) is 0.600. The Balaban J connectivity index is 2.71. The third kappa shape index (κ3) is 5.51. The summed E-state index contributed by atoms with van der Waals surface area (Å²) >= 11 is 0. The summed E-state index contributed by atoms with van der Waals surface area (Å²) < 4.78 is 27.8. The van der Waals surface area contributed by atoms with E-state index in [1.165, 1.54) is 11.8 Å². The zero-order valence-electron chi connectivity index (χ0n) is 12.9. The van der Waals surface area contributed by atoms with Crippen LogP contribution in [0.25, 0.3) is 0 Å². The molecule has 1 rings (SSSR count). The van der Waals surface area contributed by atoms with Gasteiger partial charge in [0.2, 0.25) is 0 Å². The van der Waals surface area contributed by atoms with Crippen LogP contribution in [0.3, 0.4) is 0 Å². The lowest BCUT2D eigenvalue weighted by atomic mass is 10.0. The number of rotatable bonds is 7. The molecule has 0 aliphatic heterocycles. The third-order valence-corrected chi connectivity index (χ3v) is 4.29. The van der Waals surface area contributed by atoms with Crippen LogP contribution in [-0.2, 0) is 9.84 Å². The molecule has 1 N–H and O–H groups in total. The van der Waals surface area contributed by atoms with E-state index in [0.29, 0.717) is 6.42 Å². The van der Waals surface area contributed by atoms with Crippen molar-refractivity contribution in [3.8, 4) is 5.75 Å². The van der Waals surface area contributed by atoms with Crippen LogP contribution in [0.2, 0.25) is 0 Å². The minimum absolute atomic E-state index is 0.111. The van der Waals surface area contributed by atoms with Crippen molar-refractivity contribution in [1.82, 2.24) is 5.32 Å². The van der Waals surface area contributed by atoms with Gasteiger partial charge in [-0.25, -0.2) is 8.42 Å². The number of aryl methyl sites for hydroxylation is 1. The first-order valence-electron chi connectivity index (χ1n) is 6.81. The van der Waals surface area contributed by atoms with Crippen molar-refractivity contribution in [3.05, 3.63) is 29.3 Å². The molecule has 0 aromatic heterocycles. The molecule has 0 aliphatic carbocycles. The highest BCUT2D eigenvalue weighted by atomic mass is 32.2. The lowest BCUT2D eigenvalue weighted by Crippen LogP contribution is -2.30. The van der Waals surface area contributed by atoms with Gasteiger partial charge in [0.05, 0.1) is 12.9 Å². The minimum Gasteiger partial charge on any atom is -0.496 e. The molecule has 0 radical (unpaired) electrons. The Kier molecular flexibility index (Phi) is 6.02. The van der Waals surface area contributed by atoms with Gasteiger partial charge in [0.15, 0.2) is 0 Å².